The van der Waals surface area contributed by atoms with E-state index >= 15 is 0 Å². The number of urea groups is 1. The van der Waals surface area contributed by atoms with E-state index in [2.05, 4.69) is 44.8 Å². The Balaban J connectivity index is 1.06. The zero-order valence-electron chi connectivity index (χ0n) is 32.0. The van der Waals surface area contributed by atoms with Crippen LogP contribution in [0.1, 0.15) is 61.3 Å². The van der Waals surface area contributed by atoms with E-state index in [0.717, 1.165) is 65.0 Å². The third-order valence-corrected chi connectivity index (χ3v) is 11.3. The standard InChI is InChI=1S/C44H51N5O7/c1-3-54-39(51)26-46-43(53)45-25-35-9-7-8-12-37(35)32-17-19-34(20-18-32)41-55-38(30(2)40(56-41)33-15-13-31(28-50)14-16-33)27-48-23-21-44(22-24-48)42(52)47-29-49(44)36-10-5-4-6-11-36/h4-20,30,38,40-41,50H,3,21-29H2,1-2H3,(H,47,52)(H2,45,46,53)/t30-,38+,40+,41+/m0/s1. The number of esters is 1. The van der Waals surface area contributed by atoms with Gasteiger partial charge in [0, 0.05) is 43.3 Å². The molecule has 0 radical (unpaired) electrons. The van der Waals surface area contributed by atoms with Crippen molar-refractivity contribution in [3.8, 4) is 11.1 Å². The number of anilines is 1. The molecule has 4 aromatic rings. The summed E-state index contributed by atoms with van der Waals surface area (Å²) in [4.78, 5) is 42.0. The quantitative estimate of drug-likeness (QED) is 0.139. The van der Waals surface area contributed by atoms with Gasteiger partial charge in [0.25, 0.3) is 0 Å². The number of likely N-dealkylation sites (tertiary alicyclic amines) is 1. The second-order valence-electron chi connectivity index (χ2n) is 14.7. The van der Waals surface area contributed by atoms with Crippen LogP contribution in [0.5, 0.6) is 0 Å². The van der Waals surface area contributed by atoms with Gasteiger partial charge in [0.15, 0.2) is 6.29 Å². The molecule has 0 bridgehead atoms. The van der Waals surface area contributed by atoms with Gasteiger partial charge >= 0.3 is 12.0 Å². The van der Waals surface area contributed by atoms with E-state index < -0.39 is 23.8 Å². The monoisotopic (exact) mass is 761 g/mol. The van der Waals surface area contributed by atoms with E-state index in [4.69, 9.17) is 14.2 Å². The molecule has 0 aliphatic carbocycles. The number of piperidine rings is 1. The van der Waals surface area contributed by atoms with Gasteiger partial charge in [-0.15, -0.1) is 0 Å². The molecule has 3 fully saturated rings. The van der Waals surface area contributed by atoms with Crippen LogP contribution in [0.15, 0.2) is 103 Å². The van der Waals surface area contributed by atoms with E-state index in [1.54, 1.807) is 6.92 Å². The summed E-state index contributed by atoms with van der Waals surface area (Å²) in [5, 5.41) is 18.2. The number of nitrogens with zero attached hydrogens (tertiary/aromatic N) is 2. The van der Waals surface area contributed by atoms with Gasteiger partial charge in [-0.2, -0.15) is 0 Å². The Labute approximate surface area is 328 Å². The summed E-state index contributed by atoms with van der Waals surface area (Å²) in [6.07, 6.45) is 0.403. The Bertz CT molecular complexity index is 1950. The molecule has 0 aromatic heterocycles. The maximum Gasteiger partial charge on any atom is 0.325 e. The first-order chi connectivity index (χ1) is 27.3. The predicted octanol–water partition coefficient (Wildman–Crippen LogP) is 5.43. The molecule has 56 heavy (non-hydrogen) atoms. The Kier molecular flexibility index (Phi) is 12.3. The van der Waals surface area contributed by atoms with Gasteiger partial charge in [-0.05, 0) is 59.7 Å². The average Bonchev–Trinajstić information content (AvgIpc) is 3.55. The smallest absolute Gasteiger partial charge is 0.325 e. The maximum atomic E-state index is 13.3. The molecule has 12 nitrogen and oxygen atoms in total. The normalized spacial score (nSPS) is 22.1. The summed E-state index contributed by atoms with van der Waals surface area (Å²) < 4.78 is 18.5. The SMILES string of the molecule is CCOC(=O)CNC(=O)NCc1ccccc1-c1ccc([C@@H]2O[C@H](CN3CCC4(CC3)C(=O)NCN4c3ccccc3)[C@H](C)[C@H](c3ccc(CO)cc3)O2)cc1. The number of para-hydroxylation sites is 1. The summed E-state index contributed by atoms with van der Waals surface area (Å²) >= 11 is 0. The van der Waals surface area contributed by atoms with Crippen molar-refractivity contribution in [2.45, 2.75) is 63.9 Å². The number of hydrogen-bond donors (Lipinski definition) is 4. The fraction of sp³-hybridized carbons (Fsp3) is 0.386. The van der Waals surface area contributed by atoms with Crippen LogP contribution >= 0.6 is 0 Å². The number of nitrogens with one attached hydrogen (secondary N) is 3. The van der Waals surface area contributed by atoms with Crippen molar-refractivity contribution in [2.75, 3.05) is 44.4 Å². The molecular formula is C44H51N5O7. The van der Waals surface area contributed by atoms with Crippen molar-refractivity contribution >= 4 is 23.6 Å². The number of carbonyl (C=O) groups is 3. The van der Waals surface area contributed by atoms with Crippen LogP contribution in [0.3, 0.4) is 0 Å². The highest BCUT2D eigenvalue weighted by atomic mass is 16.7. The molecule has 294 valence electrons. The molecule has 4 aromatic carbocycles. The second-order valence-corrected chi connectivity index (χ2v) is 14.7. The van der Waals surface area contributed by atoms with Crippen molar-refractivity contribution in [3.05, 3.63) is 125 Å². The van der Waals surface area contributed by atoms with Crippen LogP contribution in [0.4, 0.5) is 10.5 Å². The summed E-state index contributed by atoms with van der Waals surface area (Å²) in [6, 6.07) is 33.6. The van der Waals surface area contributed by atoms with Crippen LogP contribution in [-0.2, 0) is 37.0 Å². The van der Waals surface area contributed by atoms with Crippen molar-refractivity contribution in [3.63, 3.8) is 0 Å². The number of hydrogen-bond acceptors (Lipinski definition) is 9. The Morgan fingerprint density at radius 3 is 2.30 bits per heavy atom. The minimum Gasteiger partial charge on any atom is -0.465 e. The van der Waals surface area contributed by atoms with Gasteiger partial charge < -0.3 is 45.1 Å². The molecule has 3 amide bonds. The lowest BCUT2D eigenvalue weighted by atomic mass is 9.84. The Morgan fingerprint density at radius 2 is 1.59 bits per heavy atom. The van der Waals surface area contributed by atoms with Crippen LogP contribution in [0.2, 0.25) is 0 Å². The minimum absolute atomic E-state index is 0.0193. The lowest BCUT2D eigenvalue weighted by Gasteiger charge is -2.46. The van der Waals surface area contributed by atoms with Gasteiger partial charge in [-0.3, -0.25) is 9.59 Å². The summed E-state index contributed by atoms with van der Waals surface area (Å²) in [6.45, 7) is 6.92. The lowest BCUT2D eigenvalue weighted by Crippen LogP contribution is -2.57. The molecule has 7 rings (SSSR count). The number of amides is 3. The number of rotatable bonds is 12. The van der Waals surface area contributed by atoms with Crippen molar-refractivity contribution in [2.24, 2.45) is 5.92 Å². The number of benzene rings is 4. The molecule has 12 heteroatoms. The highest BCUT2D eigenvalue weighted by molar-refractivity contribution is 5.93. The molecule has 0 saturated carbocycles. The van der Waals surface area contributed by atoms with Crippen LogP contribution in [0.25, 0.3) is 11.1 Å². The summed E-state index contributed by atoms with van der Waals surface area (Å²) in [5.74, 6) is -0.372. The van der Waals surface area contributed by atoms with Gasteiger partial charge in [-0.25, -0.2) is 4.79 Å². The first-order valence-corrected chi connectivity index (χ1v) is 19.5. The topological polar surface area (TPSA) is 142 Å². The van der Waals surface area contributed by atoms with E-state index in [1.165, 1.54) is 0 Å². The first kappa shape index (κ1) is 39.0. The van der Waals surface area contributed by atoms with Crippen molar-refractivity contribution in [1.29, 1.82) is 0 Å². The fourth-order valence-electron chi connectivity index (χ4n) is 8.10. The zero-order chi connectivity index (χ0) is 39.1. The third-order valence-electron chi connectivity index (χ3n) is 11.3. The Hall–Kier alpha value is -5.27. The van der Waals surface area contributed by atoms with Crippen LogP contribution < -0.4 is 20.9 Å². The van der Waals surface area contributed by atoms with Gasteiger partial charge in [0.1, 0.15) is 12.1 Å². The fourth-order valence-corrected chi connectivity index (χ4v) is 8.10. The van der Waals surface area contributed by atoms with Gasteiger partial charge in [-0.1, -0.05) is 97.9 Å². The maximum absolute atomic E-state index is 13.3. The van der Waals surface area contributed by atoms with Crippen molar-refractivity contribution < 1.29 is 33.7 Å². The minimum atomic E-state index is -0.627. The molecule has 1 spiro atoms. The molecule has 0 unspecified atom stereocenters. The summed E-state index contributed by atoms with van der Waals surface area (Å²) in [5.41, 5.74) is 6.10. The number of aliphatic hydroxyl groups excluding tert-OH is 1. The molecular weight excluding hydrogens is 711 g/mol. The largest absolute Gasteiger partial charge is 0.465 e. The highest BCUT2D eigenvalue weighted by Gasteiger charge is 2.51. The number of aliphatic hydroxyl groups is 1. The molecule has 4 atom stereocenters. The van der Waals surface area contributed by atoms with Crippen LogP contribution in [-0.4, -0.2) is 79.0 Å². The average molecular weight is 762 g/mol. The molecule has 3 heterocycles. The molecule has 4 N–H and O–H groups in total. The van der Waals surface area contributed by atoms with E-state index in [0.29, 0.717) is 13.2 Å². The molecule has 3 aliphatic rings. The first-order valence-electron chi connectivity index (χ1n) is 19.5. The van der Waals surface area contributed by atoms with E-state index in [1.807, 2.05) is 91.0 Å². The van der Waals surface area contributed by atoms with Gasteiger partial charge in [0.05, 0.1) is 32.1 Å². The predicted molar refractivity (Wildman–Crippen MR) is 212 cm³/mol. The third kappa shape index (κ3) is 8.58. The lowest BCUT2D eigenvalue weighted by molar-refractivity contribution is -0.276. The molecule has 3 aliphatic heterocycles. The van der Waals surface area contributed by atoms with Crippen molar-refractivity contribution in [1.82, 2.24) is 20.9 Å². The number of carbonyl (C=O) groups excluding carboxylic acids is 3. The second kappa shape index (κ2) is 17.7. The van der Waals surface area contributed by atoms with E-state index in [-0.39, 0.29) is 50.3 Å². The molecule has 3 saturated heterocycles. The Morgan fingerprint density at radius 1 is 0.893 bits per heavy atom. The number of ether oxygens (including phenoxy) is 3. The summed E-state index contributed by atoms with van der Waals surface area (Å²) in [7, 11) is 0. The highest BCUT2D eigenvalue weighted by Crippen LogP contribution is 2.43. The van der Waals surface area contributed by atoms with E-state index in [9.17, 15) is 19.5 Å². The van der Waals surface area contributed by atoms with Gasteiger partial charge in [0.2, 0.25) is 5.91 Å². The zero-order valence-corrected chi connectivity index (χ0v) is 32.0. The van der Waals surface area contributed by atoms with Crippen LogP contribution in [0, 0.1) is 5.92 Å².